The van der Waals surface area contributed by atoms with Crippen LogP contribution in [0, 0.1) is 0 Å². The van der Waals surface area contributed by atoms with Gasteiger partial charge in [-0.15, -0.1) is 0 Å². The average molecular weight is 251 g/mol. The first kappa shape index (κ1) is 11.5. The van der Waals surface area contributed by atoms with E-state index < -0.39 is 11.8 Å². The number of esters is 1. The van der Waals surface area contributed by atoms with Gasteiger partial charge >= 0.3 is 5.97 Å². The molecule has 0 bridgehead atoms. The molecule has 0 atom stereocenters. The second kappa shape index (κ2) is 4.14. The molecule has 0 aromatic heterocycles. The summed E-state index contributed by atoms with van der Waals surface area (Å²) < 4.78 is 4.88. The van der Waals surface area contributed by atoms with Crippen LogP contribution in [0.4, 0.5) is 0 Å². The smallest absolute Gasteiger partial charge is 0.308 e. The lowest BCUT2D eigenvalue weighted by molar-refractivity contribution is -0.131. The largest absolute Gasteiger partial charge is 0.426 e. The zero-order valence-corrected chi connectivity index (χ0v) is 9.58. The topological polar surface area (TPSA) is 60.4 Å². The van der Waals surface area contributed by atoms with E-state index >= 15 is 0 Å². The first-order chi connectivity index (χ1) is 8.00. The maximum atomic E-state index is 11.7. The number of ketones is 2. The van der Waals surface area contributed by atoms with Crippen molar-refractivity contribution in [2.24, 2.45) is 0 Å². The van der Waals surface area contributed by atoms with Gasteiger partial charge in [-0.05, 0) is 24.3 Å². The predicted molar refractivity (Wildman–Crippen MR) is 60.6 cm³/mol. The van der Waals surface area contributed by atoms with E-state index in [0.29, 0.717) is 0 Å². The molecule has 0 unspecified atom stereocenters. The fourth-order valence-corrected chi connectivity index (χ4v) is 1.85. The fourth-order valence-electron chi connectivity index (χ4n) is 1.60. The van der Waals surface area contributed by atoms with Gasteiger partial charge < -0.3 is 4.74 Å². The number of halogens is 1. The minimum atomic E-state index is -0.565. The van der Waals surface area contributed by atoms with E-state index in [9.17, 15) is 14.4 Å². The van der Waals surface area contributed by atoms with E-state index in [0.717, 1.165) is 12.2 Å². The number of hydrogen-bond acceptors (Lipinski definition) is 4. The van der Waals surface area contributed by atoms with Crippen LogP contribution in [-0.4, -0.2) is 17.5 Å². The third-order valence-corrected chi connectivity index (χ3v) is 2.56. The van der Waals surface area contributed by atoms with Crippen molar-refractivity contribution in [3.63, 3.8) is 0 Å². The van der Waals surface area contributed by atoms with Crippen LogP contribution in [0.2, 0.25) is 5.02 Å². The van der Waals surface area contributed by atoms with E-state index in [1.54, 1.807) is 0 Å². The van der Waals surface area contributed by atoms with Gasteiger partial charge in [-0.3, -0.25) is 14.4 Å². The van der Waals surface area contributed by atoms with Crippen LogP contribution in [0.1, 0.15) is 27.6 Å². The molecule has 5 heteroatoms. The Kier molecular flexibility index (Phi) is 2.81. The summed E-state index contributed by atoms with van der Waals surface area (Å²) in [4.78, 5) is 34.2. The van der Waals surface area contributed by atoms with Gasteiger partial charge in [-0.25, -0.2) is 0 Å². The zero-order chi connectivity index (χ0) is 12.6. The predicted octanol–water partition coefficient (Wildman–Crippen LogP) is 2.20. The molecule has 0 saturated heterocycles. The summed E-state index contributed by atoms with van der Waals surface area (Å²) >= 11 is 5.86. The van der Waals surface area contributed by atoms with Gasteiger partial charge in [0.2, 0.25) is 0 Å². The van der Waals surface area contributed by atoms with Crippen molar-refractivity contribution < 1.29 is 19.1 Å². The summed E-state index contributed by atoms with van der Waals surface area (Å²) in [5.74, 6) is -1.29. The Bertz CT molecular complexity index is 572. The lowest BCUT2D eigenvalue weighted by atomic mass is 9.94. The van der Waals surface area contributed by atoms with E-state index in [-0.39, 0.29) is 27.7 Å². The minimum Gasteiger partial charge on any atom is -0.426 e. The number of allylic oxidation sites excluding steroid dienone is 2. The highest BCUT2D eigenvalue weighted by atomic mass is 35.5. The van der Waals surface area contributed by atoms with Crippen LogP contribution in [-0.2, 0) is 4.79 Å². The Morgan fingerprint density at radius 2 is 1.71 bits per heavy atom. The molecular weight excluding hydrogens is 244 g/mol. The zero-order valence-electron chi connectivity index (χ0n) is 8.82. The number of carbonyl (C=O) groups is 3. The van der Waals surface area contributed by atoms with Crippen LogP contribution >= 0.6 is 11.6 Å². The average Bonchev–Trinajstić information content (AvgIpc) is 2.25. The summed E-state index contributed by atoms with van der Waals surface area (Å²) in [5.41, 5.74) is 0.123. The van der Waals surface area contributed by atoms with Crippen LogP contribution in [0.25, 0.3) is 0 Å². The molecule has 0 N–H and O–H groups in total. The van der Waals surface area contributed by atoms with Gasteiger partial charge in [0.25, 0.3) is 0 Å². The maximum Gasteiger partial charge on any atom is 0.308 e. The normalized spacial score (nSPS) is 13.5. The number of carbonyl (C=O) groups excluding carboxylic acids is 3. The molecule has 17 heavy (non-hydrogen) atoms. The van der Waals surface area contributed by atoms with E-state index in [2.05, 4.69) is 0 Å². The van der Waals surface area contributed by atoms with Crippen molar-refractivity contribution in [2.45, 2.75) is 6.92 Å². The molecule has 0 radical (unpaired) electrons. The number of fused-ring (bicyclic) bond motifs is 1. The molecule has 1 aliphatic rings. The first-order valence-electron chi connectivity index (χ1n) is 4.78. The van der Waals surface area contributed by atoms with Crippen molar-refractivity contribution in [1.29, 1.82) is 0 Å². The molecule has 0 aliphatic heterocycles. The third kappa shape index (κ3) is 1.99. The monoisotopic (exact) mass is 250 g/mol. The summed E-state index contributed by atoms with van der Waals surface area (Å²) in [6.07, 6.45) is 2.28. The molecule has 0 heterocycles. The highest BCUT2D eigenvalue weighted by Gasteiger charge is 2.26. The molecular formula is C12H7ClO4. The van der Waals surface area contributed by atoms with E-state index in [1.165, 1.54) is 19.1 Å². The van der Waals surface area contributed by atoms with Crippen LogP contribution in [0.5, 0.6) is 5.75 Å². The van der Waals surface area contributed by atoms with Gasteiger partial charge in [0.15, 0.2) is 11.6 Å². The number of benzene rings is 1. The molecule has 1 aromatic rings. The Hall–Kier alpha value is -1.94. The van der Waals surface area contributed by atoms with Gasteiger partial charge in [-0.1, -0.05) is 11.6 Å². The molecule has 0 saturated carbocycles. The summed E-state index contributed by atoms with van der Waals surface area (Å²) in [7, 11) is 0. The van der Waals surface area contributed by atoms with E-state index in [1.807, 2.05) is 0 Å². The number of rotatable bonds is 1. The molecule has 1 aromatic carbocycles. The lowest BCUT2D eigenvalue weighted by Gasteiger charge is -2.14. The minimum absolute atomic E-state index is 0.0419. The SMILES string of the molecule is CC(=O)Oc1ccc(Cl)c2c1C(=O)C=CC2=O. The Labute approximate surface area is 102 Å². The summed E-state index contributed by atoms with van der Waals surface area (Å²) in [5, 5.41) is 0.165. The maximum absolute atomic E-state index is 11.7. The number of ether oxygens (including phenoxy) is 1. The Balaban J connectivity index is 2.68. The molecule has 0 amide bonds. The highest BCUT2D eigenvalue weighted by Crippen LogP contribution is 2.32. The van der Waals surface area contributed by atoms with E-state index in [4.69, 9.17) is 16.3 Å². The van der Waals surface area contributed by atoms with Gasteiger partial charge in [0.05, 0.1) is 16.1 Å². The Morgan fingerprint density at radius 3 is 2.29 bits per heavy atom. The standard InChI is InChI=1S/C12H7ClO4/c1-6(14)17-10-5-2-7(13)11-8(15)3-4-9(16)12(10)11/h2-5H,1H3. The van der Waals surface area contributed by atoms with Gasteiger partial charge in [-0.2, -0.15) is 0 Å². The summed E-state index contributed by atoms with van der Waals surface area (Å²) in [6, 6.07) is 2.82. The highest BCUT2D eigenvalue weighted by molar-refractivity contribution is 6.37. The Morgan fingerprint density at radius 1 is 1.12 bits per heavy atom. The van der Waals surface area contributed by atoms with Crippen molar-refractivity contribution in [2.75, 3.05) is 0 Å². The molecule has 0 spiro atoms. The van der Waals surface area contributed by atoms with Gasteiger partial charge in [0.1, 0.15) is 5.75 Å². The van der Waals surface area contributed by atoms with Crippen LogP contribution in [0.15, 0.2) is 24.3 Å². The van der Waals surface area contributed by atoms with Crippen molar-refractivity contribution in [3.05, 3.63) is 40.4 Å². The molecule has 86 valence electrons. The lowest BCUT2D eigenvalue weighted by Crippen LogP contribution is -2.15. The van der Waals surface area contributed by atoms with Crippen LogP contribution < -0.4 is 4.74 Å². The fraction of sp³-hybridized carbons (Fsp3) is 0.0833. The quantitative estimate of drug-likeness (QED) is 0.566. The number of hydrogen-bond donors (Lipinski definition) is 0. The molecule has 2 rings (SSSR count). The second-order valence-corrected chi connectivity index (χ2v) is 3.86. The van der Waals surface area contributed by atoms with Crippen molar-refractivity contribution >= 4 is 29.1 Å². The third-order valence-electron chi connectivity index (χ3n) is 2.25. The first-order valence-corrected chi connectivity index (χ1v) is 5.16. The molecule has 1 aliphatic carbocycles. The molecule has 4 nitrogen and oxygen atoms in total. The summed E-state index contributed by atoms with van der Waals surface area (Å²) in [6.45, 7) is 1.21. The molecule has 0 fully saturated rings. The van der Waals surface area contributed by atoms with Crippen LogP contribution in [0.3, 0.4) is 0 Å². The second-order valence-electron chi connectivity index (χ2n) is 3.45. The van der Waals surface area contributed by atoms with Crippen molar-refractivity contribution in [3.8, 4) is 5.75 Å². The van der Waals surface area contributed by atoms with Gasteiger partial charge in [0, 0.05) is 6.92 Å². The van der Waals surface area contributed by atoms with Crippen molar-refractivity contribution in [1.82, 2.24) is 0 Å².